The normalized spacial score (nSPS) is 11.0. The molecule has 5 nitrogen and oxygen atoms in total. The van der Waals surface area contributed by atoms with Gasteiger partial charge in [0.05, 0.1) is 12.2 Å². The van der Waals surface area contributed by atoms with E-state index in [1.807, 2.05) is 24.3 Å². The zero-order valence-electron chi connectivity index (χ0n) is 19.5. The summed E-state index contributed by atoms with van der Waals surface area (Å²) in [6, 6.07) is 14.4. The van der Waals surface area contributed by atoms with Crippen LogP contribution in [0.3, 0.4) is 0 Å². The van der Waals surface area contributed by atoms with Gasteiger partial charge in [-0.2, -0.15) is 8.78 Å². The summed E-state index contributed by atoms with van der Waals surface area (Å²) in [6.07, 6.45) is 3.20. The number of unbranched alkanes of at least 4 members (excludes halogenated alkanes) is 2. The molecule has 1 aromatic heterocycles. The fraction of sp³-hybridized carbons (Fsp3) is 0.185. The summed E-state index contributed by atoms with van der Waals surface area (Å²) in [5.41, 5.74) is 1.56. The van der Waals surface area contributed by atoms with Gasteiger partial charge >= 0.3 is 5.97 Å². The van der Waals surface area contributed by atoms with Crippen molar-refractivity contribution in [3.63, 3.8) is 0 Å². The first kappa shape index (κ1) is 25.9. The van der Waals surface area contributed by atoms with Crippen LogP contribution in [-0.2, 0) is 0 Å². The molecule has 1 heterocycles. The average molecular weight is 517 g/mol. The standard InChI is InChI=1S/C27H20F5NO4/c1-2-3-4-13-35-18-11-9-16(10-12-18)20-14-19(33-37-20)15-5-7-17(8-6-15)27(34)36-26-24(31)22(29)21(28)23(30)25(26)32/h5-12,14H,2-4,13H2,1H3. The molecule has 0 amide bonds. The lowest BCUT2D eigenvalue weighted by molar-refractivity contribution is 0.0716. The molecule has 0 unspecified atom stereocenters. The molecule has 4 aromatic rings. The monoisotopic (exact) mass is 517 g/mol. The van der Waals surface area contributed by atoms with Gasteiger partial charge < -0.3 is 14.0 Å². The van der Waals surface area contributed by atoms with E-state index in [0.29, 0.717) is 23.6 Å². The quantitative estimate of drug-likeness (QED) is 0.0575. The van der Waals surface area contributed by atoms with Crippen molar-refractivity contribution >= 4 is 5.97 Å². The van der Waals surface area contributed by atoms with Gasteiger partial charge in [0.1, 0.15) is 11.4 Å². The van der Waals surface area contributed by atoms with E-state index in [1.165, 1.54) is 24.3 Å². The van der Waals surface area contributed by atoms with Crippen LogP contribution in [0.15, 0.2) is 59.1 Å². The van der Waals surface area contributed by atoms with Gasteiger partial charge in [-0.3, -0.25) is 0 Å². The Balaban J connectivity index is 1.44. The summed E-state index contributed by atoms with van der Waals surface area (Å²) in [4.78, 5) is 12.3. The maximum Gasteiger partial charge on any atom is 0.343 e. The lowest BCUT2D eigenvalue weighted by Crippen LogP contribution is -2.13. The van der Waals surface area contributed by atoms with Gasteiger partial charge in [-0.05, 0) is 42.8 Å². The highest BCUT2D eigenvalue weighted by atomic mass is 19.2. The minimum atomic E-state index is -2.35. The van der Waals surface area contributed by atoms with Crippen molar-refractivity contribution in [3.8, 4) is 34.1 Å². The van der Waals surface area contributed by atoms with E-state index in [4.69, 9.17) is 9.26 Å². The summed E-state index contributed by atoms with van der Waals surface area (Å²) in [5.74, 6) is -13.0. The smallest absolute Gasteiger partial charge is 0.343 e. The molecule has 37 heavy (non-hydrogen) atoms. The molecule has 0 spiro atoms. The molecule has 0 fully saturated rings. The van der Waals surface area contributed by atoms with Gasteiger partial charge in [-0.15, -0.1) is 0 Å². The Morgan fingerprint density at radius 2 is 1.41 bits per heavy atom. The van der Waals surface area contributed by atoms with Gasteiger partial charge in [0.15, 0.2) is 5.76 Å². The largest absolute Gasteiger partial charge is 0.494 e. The summed E-state index contributed by atoms with van der Waals surface area (Å²) in [5, 5.41) is 4.01. The number of esters is 1. The van der Waals surface area contributed by atoms with Gasteiger partial charge in [0, 0.05) is 17.2 Å². The van der Waals surface area contributed by atoms with Crippen LogP contribution in [0.1, 0.15) is 36.5 Å². The Hall–Kier alpha value is -4.21. The van der Waals surface area contributed by atoms with Crippen LogP contribution in [0.5, 0.6) is 11.5 Å². The SMILES string of the molecule is CCCCCOc1ccc(-c2cc(-c3ccc(C(=O)Oc4c(F)c(F)c(F)c(F)c4F)cc3)no2)cc1. The molecule has 0 saturated carbocycles. The molecule has 0 aliphatic carbocycles. The van der Waals surface area contributed by atoms with E-state index in [9.17, 15) is 26.7 Å². The van der Waals surface area contributed by atoms with Crippen LogP contribution in [0.25, 0.3) is 22.6 Å². The van der Waals surface area contributed by atoms with E-state index in [0.717, 1.165) is 30.6 Å². The van der Waals surface area contributed by atoms with E-state index in [1.54, 1.807) is 6.07 Å². The number of hydrogen-bond donors (Lipinski definition) is 0. The van der Waals surface area contributed by atoms with Crippen LogP contribution in [0.2, 0.25) is 0 Å². The fourth-order valence-electron chi connectivity index (χ4n) is 3.41. The number of carbonyl (C=O) groups is 1. The molecule has 4 rings (SSSR count). The molecule has 0 radical (unpaired) electrons. The molecule has 3 aromatic carbocycles. The fourth-order valence-corrected chi connectivity index (χ4v) is 3.41. The van der Waals surface area contributed by atoms with Crippen molar-refractivity contribution < 1.29 is 40.7 Å². The number of carbonyl (C=O) groups excluding carboxylic acids is 1. The first-order valence-electron chi connectivity index (χ1n) is 11.3. The second-order valence-corrected chi connectivity index (χ2v) is 8.02. The molecule has 192 valence electrons. The minimum absolute atomic E-state index is 0.189. The molecule has 0 atom stereocenters. The topological polar surface area (TPSA) is 61.6 Å². The number of hydrogen-bond acceptors (Lipinski definition) is 5. The van der Waals surface area contributed by atoms with Crippen molar-refractivity contribution in [2.75, 3.05) is 6.61 Å². The Bertz CT molecular complexity index is 1370. The van der Waals surface area contributed by atoms with E-state index in [2.05, 4.69) is 16.8 Å². The highest BCUT2D eigenvalue weighted by Gasteiger charge is 2.29. The number of rotatable bonds is 9. The van der Waals surface area contributed by atoms with Crippen molar-refractivity contribution in [1.82, 2.24) is 5.16 Å². The molecular formula is C27H20F5NO4. The highest BCUT2D eigenvalue weighted by molar-refractivity contribution is 5.91. The Morgan fingerprint density at radius 3 is 2.03 bits per heavy atom. The Kier molecular flexibility index (Phi) is 7.86. The third kappa shape index (κ3) is 5.63. The third-order valence-corrected chi connectivity index (χ3v) is 5.45. The number of benzene rings is 3. The third-order valence-electron chi connectivity index (χ3n) is 5.45. The molecule has 10 heteroatoms. The molecule has 0 saturated heterocycles. The highest BCUT2D eigenvalue weighted by Crippen LogP contribution is 2.31. The Morgan fingerprint density at radius 1 is 0.811 bits per heavy atom. The number of ether oxygens (including phenoxy) is 2. The van der Waals surface area contributed by atoms with Crippen LogP contribution in [0, 0.1) is 29.1 Å². The van der Waals surface area contributed by atoms with Crippen molar-refractivity contribution in [2.45, 2.75) is 26.2 Å². The molecule has 0 aliphatic heterocycles. The van der Waals surface area contributed by atoms with Gasteiger partial charge in [-0.25, -0.2) is 18.0 Å². The predicted molar refractivity (Wildman–Crippen MR) is 124 cm³/mol. The summed E-state index contributed by atoms with van der Waals surface area (Å²) in [6.45, 7) is 2.76. The average Bonchev–Trinajstić information content (AvgIpc) is 3.42. The van der Waals surface area contributed by atoms with Crippen molar-refractivity contribution in [3.05, 3.63) is 89.2 Å². The lowest BCUT2D eigenvalue weighted by Gasteiger charge is -2.09. The van der Waals surface area contributed by atoms with Crippen LogP contribution in [0.4, 0.5) is 22.0 Å². The summed E-state index contributed by atoms with van der Waals surface area (Å²) >= 11 is 0. The predicted octanol–water partition coefficient (Wildman–Crippen LogP) is 7.49. The molecule has 0 bridgehead atoms. The maximum absolute atomic E-state index is 13.8. The van der Waals surface area contributed by atoms with Crippen molar-refractivity contribution in [1.29, 1.82) is 0 Å². The van der Waals surface area contributed by atoms with Crippen LogP contribution < -0.4 is 9.47 Å². The van der Waals surface area contributed by atoms with E-state index >= 15 is 0 Å². The molecular weight excluding hydrogens is 497 g/mol. The maximum atomic E-state index is 13.8. The lowest BCUT2D eigenvalue weighted by atomic mass is 10.1. The van der Waals surface area contributed by atoms with E-state index < -0.39 is 40.8 Å². The van der Waals surface area contributed by atoms with Gasteiger partial charge in [-0.1, -0.05) is 37.1 Å². The second-order valence-electron chi connectivity index (χ2n) is 8.02. The molecule has 0 N–H and O–H groups in total. The zero-order chi connectivity index (χ0) is 26.5. The number of aromatic nitrogens is 1. The number of halogens is 5. The first-order chi connectivity index (χ1) is 17.8. The minimum Gasteiger partial charge on any atom is -0.494 e. The van der Waals surface area contributed by atoms with Crippen LogP contribution in [-0.4, -0.2) is 17.7 Å². The van der Waals surface area contributed by atoms with Gasteiger partial charge in [0.25, 0.3) is 0 Å². The van der Waals surface area contributed by atoms with Gasteiger partial charge in [0.2, 0.25) is 34.8 Å². The summed E-state index contributed by atoms with van der Waals surface area (Å²) in [7, 11) is 0. The Labute approximate surface area is 208 Å². The zero-order valence-corrected chi connectivity index (χ0v) is 19.5. The first-order valence-corrected chi connectivity index (χ1v) is 11.3. The molecule has 0 aliphatic rings. The number of nitrogens with zero attached hydrogens (tertiary/aromatic N) is 1. The van der Waals surface area contributed by atoms with Crippen LogP contribution >= 0.6 is 0 Å². The van der Waals surface area contributed by atoms with Crippen molar-refractivity contribution in [2.24, 2.45) is 0 Å². The second kappa shape index (κ2) is 11.2. The van der Waals surface area contributed by atoms with E-state index in [-0.39, 0.29) is 5.56 Å². The summed E-state index contributed by atoms with van der Waals surface area (Å²) < 4.78 is 83.0.